The van der Waals surface area contributed by atoms with E-state index in [0.717, 1.165) is 62.3 Å². The van der Waals surface area contributed by atoms with Gasteiger partial charge in [-0.3, -0.25) is 0 Å². The zero-order valence-electron chi connectivity index (χ0n) is 17.7. The summed E-state index contributed by atoms with van der Waals surface area (Å²) < 4.78 is 11.1. The third-order valence-corrected chi connectivity index (χ3v) is 5.87. The number of nitrogens with zero attached hydrogens (tertiary/aromatic N) is 3. The quantitative estimate of drug-likeness (QED) is 0.810. The lowest BCUT2D eigenvalue weighted by Crippen LogP contribution is -2.41. The zero-order valence-corrected chi connectivity index (χ0v) is 17.7. The number of fused-ring (bicyclic) bond motifs is 1. The van der Waals surface area contributed by atoms with E-state index in [9.17, 15) is 4.79 Å². The van der Waals surface area contributed by atoms with Gasteiger partial charge in [0.05, 0.1) is 5.52 Å². The molecule has 2 fully saturated rings. The largest absolute Gasteiger partial charge is 0.444 e. The maximum Gasteiger partial charge on any atom is 0.410 e. The molecule has 0 aliphatic carbocycles. The number of likely N-dealkylation sites (tertiary alicyclic amines) is 1. The molecule has 0 aromatic carbocycles. The van der Waals surface area contributed by atoms with Gasteiger partial charge in [0.2, 0.25) is 0 Å². The van der Waals surface area contributed by atoms with Gasteiger partial charge in [-0.05, 0) is 70.4 Å². The molecule has 0 spiro atoms. The van der Waals surface area contributed by atoms with Crippen molar-refractivity contribution in [2.45, 2.75) is 70.3 Å². The lowest BCUT2D eigenvalue weighted by Gasteiger charge is -2.33. The molecule has 1 atom stereocenters. The molecule has 0 saturated carbocycles. The fourth-order valence-electron chi connectivity index (χ4n) is 4.36. The smallest absolute Gasteiger partial charge is 0.410 e. The average Bonchev–Trinajstić information content (AvgIpc) is 2.93. The van der Waals surface area contributed by atoms with Crippen LogP contribution in [0.15, 0.2) is 12.3 Å². The first-order valence-corrected chi connectivity index (χ1v) is 10.8. The van der Waals surface area contributed by atoms with E-state index in [4.69, 9.17) is 14.5 Å². The third-order valence-electron chi connectivity index (χ3n) is 5.87. The summed E-state index contributed by atoms with van der Waals surface area (Å²) in [5.41, 5.74) is 2.67. The minimum atomic E-state index is -0.458. The molecule has 7 nitrogen and oxygen atoms in total. The highest BCUT2D eigenvalue weighted by Crippen LogP contribution is 2.34. The van der Waals surface area contributed by atoms with E-state index in [0.29, 0.717) is 24.9 Å². The Kier molecular flexibility index (Phi) is 5.76. The van der Waals surface area contributed by atoms with Crippen molar-refractivity contribution in [2.75, 3.05) is 26.3 Å². The first-order valence-electron chi connectivity index (χ1n) is 10.8. The van der Waals surface area contributed by atoms with E-state index in [1.54, 1.807) is 0 Å². The van der Waals surface area contributed by atoms with Crippen molar-refractivity contribution in [2.24, 2.45) is 0 Å². The molecule has 4 heterocycles. The van der Waals surface area contributed by atoms with E-state index in [1.165, 1.54) is 5.56 Å². The molecule has 29 heavy (non-hydrogen) atoms. The highest BCUT2D eigenvalue weighted by Gasteiger charge is 2.29. The molecule has 0 bridgehead atoms. The summed E-state index contributed by atoms with van der Waals surface area (Å²) in [5, 5.41) is 0. The number of nitrogens with one attached hydrogen (secondary N) is 1. The first-order chi connectivity index (χ1) is 13.9. The van der Waals surface area contributed by atoms with E-state index in [2.05, 4.69) is 16.0 Å². The highest BCUT2D eigenvalue weighted by atomic mass is 16.6. The second-order valence-electron chi connectivity index (χ2n) is 9.20. The van der Waals surface area contributed by atoms with Gasteiger partial charge in [-0.15, -0.1) is 0 Å². The summed E-state index contributed by atoms with van der Waals surface area (Å²) in [6, 6.07) is 2.11. The molecule has 158 valence electrons. The second-order valence-corrected chi connectivity index (χ2v) is 9.20. The predicted molar refractivity (Wildman–Crippen MR) is 111 cm³/mol. The number of carbonyl (C=O) groups excluding carboxylic acids is 1. The monoisotopic (exact) mass is 400 g/mol. The lowest BCUT2D eigenvalue weighted by molar-refractivity contribution is 0.0205. The summed E-state index contributed by atoms with van der Waals surface area (Å²) in [4.78, 5) is 27.1. The molecule has 1 N–H and O–H groups in total. The molecular formula is C22H32N4O3. The van der Waals surface area contributed by atoms with E-state index in [-0.39, 0.29) is 6.09 Å². The van der Waals surface area contributed by atoms with Gasteiger partial charge in [0, 0.05) is 38.4 Å². The molecular weight excluding hydrogens is 368 g/mol. The van der Waals surface area contributed by atoms with Crippen LogP contribution in [0.4, 0.5) is 4.79 Å². The van der Waals surface area contributed by atoms with E-state index < -0.39 is 5.60 Å². The van der Waals surface area contributed by atoms with Crippen LogP contribution >= 0.6 is 0 Å². The molecule has 1 amide bonds. The van der Waals surface area contributed by atoms with Gasteiger partial charge in [0.1, 0.15) is 11.4 Å². The number of imidazole rings is 1. The number of aromatic nitrogens is 3. The number of ether oxygens (including phenoxy) is 2. The molecule has 1 unspecified atom stereocenters. The van der Waals surface area contributed by atoms with Gasteiger partial charge >= 0.3 is 6.09 Å². The number of rotatable bonds is 2. The Morgan fingerprint density at radius 3 is 2.72 bits per heavy atom. The summed E-state index contributed by atoms with van der Waals surface area (Å²) in [6.07, 6.45) is 6.67. The minimum absolute atomic E-state index is 0.213. The SMILES string of the molecule is CC(C)(C)OC(=O)N1CCC(c2ccnc3nc(C4CCCOCC4)[nH]c23)CC1. The van der Waals surface area contributed by atoms with Gasteiger partial charge < -0.3 is 19.4 Å². The van der Waals surface area contributed by atoms with Crippen LogP contribution in [0.25, 0.3) is 11.2 Å². The van der Waals surface area contributed by atoms with Crippen molar-refractivity contribution in [3.8, 4) is 0 Å². The first kappa shape index (κ1) is 20.1. The Morgan fingerprint density at radius 2 is 1.97 bits per heavy atom. The molecule has 2 saturated heterocycles. The van der Waals surface area contributed by atoms with Crippen LogP contribution in [-0.4, -0.2) is 57.8 Å². The summed E-state index contributed by atoms with van der Waals surface area (Å²) in [6.45, 7) is 8.78. The van der Waals surface area contributed by atoms with Gasteiger partial charge in [0.25, 0.3) is 0 Å². The van der Waals surface area contributed by atoms with Crippen molar-refractivity contribution in [3.05, 3.63) is 23.7 Å². The molecule has 2 aromatic heterocycles. The Bertz CT molecular complexity index is 841. The Labute approximate surface area is 172 Å². The van der Waals surface area contributed by atoms with Crippen LogP contribution in [0.2, 0.25) is 0 Å². The Morgan fingerprint density at radius 1 is 1.17 bits per heavy atom. The van der Waals surface area contributed by atoms with Crippen LogP contribution in [0.1, 0.15) is 76.1 Å². The normalized spacial score (nSPS) is 21.9. The number of hydrogen-bond donors (Lipinski definition) is 1. The summed E-state index contributed by atoms with van der Waals surface area (Å²) >= 11 is 0. The van der Waals surface area contributed by atoms with Crippen LogP contribution < -0.4 is 0 Å². The number of hydrogen-bond acceptors (Lipinski definition) is 5. The van der Waals surface area contributed by atoms with Crippen LogP contribution in [0, 0.1) is 0 Å². The Hall–Kier alpha value is -2.15. The fraction of sp³-hybridized carbons (Fsp3) is 0.682. The topological polar surface area (TPSA) is 80.3 Å². The second kappa shape index (κ2) is 8.30. The number of piperidine rings is 1. The molecule has 7 heteroatoms. The van der Waals surface area contributed by atoms with Crippen molar-refractivity contribution in [3.63, 3.8) is 0 Å². The average molecular weight is 401 g/mol. The molecule has 4 rings (SSSR count). The van der Waals surface area contributed by atoms with E-state index in [1.807, 2.05) is 31.9 Å². The molecule has 2 aliphatic rings. The van der Waals surface area contributed by atoms with Gasteiger partial charge in [-0.2, -0.15) is 0 Å². The number of pyridine rings is 1. The van der Waals surface area contributed by atoms with Crippen LogP contribution in [0.5, 0.6) is 0 Å². The number of amides is 1. The minimum Gasteiger partial charge on any atom is -0.444 e. The summed E-state index contributed by atoms with van der Waals surface area (Å²) in [7, 11) is 0. The van der Waals surface area contributed by atoms with Gasteiger partial charge in [-0.25, -0.2) is 14.8 Å². The van der Waals surface area contributed by atoms with Crippen molar-refractivity contribution in [1.29, 1.82) is 0 Å². The number of H-pyrrole nitrogens is 1. The number of aromatic amines is 1. The molecule has 2 aromatic rings. The van der Waals surface area contributed by atoms with Gasteiger partial charge in [0.15, 0.2) is 5.65 Å². The van der Waals surface area contributed by atoms with E-state index >= 15 is 0 Å². The summed E-state index contributed by atoms with van der Waals surface area (Å²) in [5.74, 6) is 1.84. The Balaban J connectivity index is 1.48. The third kappa shape index (κ3) is 4.71. The predicted octanol–water partition coefficient (Wildman–Crippen LogP) is 4.36. The highest BCUT2D eigenvalue weighted by molar-refractivity contribution is 5.75. The molecule has 0 radical (unpaired) electrons. The zero-order chi connectivity index (χ0) is 20.4. The van der Waals surface area contributed by atoms with Crippen molar-refractivity contribution in [1.82, 2.24) is 19.9 Å². The van der Waals surface area contributed by atoms with Crippen LogP contribution in [0.3, 0.4) is 0 Å². The lowest BCUT2D eigenvalue weighted by atomic mass is 9.89. The maximum atomic E-state index is 12.3. The van der Waals surface area contributed by atoms with Gasteiger partial charge in [-0.1, -0.05) is 0 Å². The van der Waals surface area contributed by atoms with Crippen molar-refractivity contribution < 1.29 is 14.3 Å². The molecule has 2 aliphatic heterocycles. The van der Waals surface area contributed by atoms with Crippen molar-refractivity contribution >= 4 is 17.3 Å². The van der Waals surface area contributed by atoms with Crippen LogP contribution in [-0.2, 0) is 9.47 Å². The fourth-order valence-corrected chi connectivity index (χ4v) is 4.36. The number of carbonyl (C=O) groups is 1. The standard InChI is InChI=1S/C22H32N4O3/c1-22(2,3)29-21(27)26-11-7-15(8-12-26)17-6-10-23-20-18(17)24-19(25-20)16-5-4-13-28-14-9-16/h6,10,15-16H,4-5,7-9,11-14H2,1-3H3,(H,23,24,25). The maximum absolute atomic E-state index is 12.3.